The number of hydrogen-bond acceptors (Lipinski definition) is 4. The number of terminal acetylenes is 1. The molecule has 3 aliphatic heterocycles. The summed E-state index contributed by atoms with van der Waals surface area (Å²) in [5, 5.41) is 0. The molecule has 0 bridgehead atoms. The molecule has 0 saturated carbocycles. The molecule has 3 heterocycles. The van der Waals surface area contributed by atoms with Gasteiger partial charge in [-0.2, -0.15) is 4.99 Å². The molecule has 1 aromatic carbocycles. The Morgan fingerprint density at radius 1 is 1.35 bits per heavy atom. The Morgan fingerprint density at radius 3 is 2.91 bits per heavy atom. The van der Waals surface area contributed by atoms with Crippen LogP contribution in [0.4, 0.5) is 0 Å². The van der Waals surface area contributed by atoms with Crippen LogP contribution in [0.3, 0.4) is 0 Å². The summed E-state index contributed by atoms with van der Waals surface area (Å²) < 4.78 is 11.8. The van der Waals surface area contributed by atoms with Crippen LogP contribution in [0.25, 0.3) is 0 Å². The van der Waals surface area contributed by atoms with Crippen molar-refractivity contribution < 1.29 is 14.3 Å². The van der Waals surface area contributed by atoms with Crippen molar-refractivity contribution in [2.45, 2.75) is 37.6 Å². The third-order valence-electron chi connectivity index (χ3n) is 4.89. The number of ether oxygens (including phenoxy) is 2. The van der Waals surface area contributed by atoms with Gasteiger partial charge in [0.05, 0.1) is 18.6 Å². The number of hydrogen-bond donors (Lipinski definition) is 0. The maximum absolute atomic E-state index is 11.8. The zero-order valence-corrected chi connectivity index (χ0v) is 12.8. The molecule has 1 unspecified atom stereocenters. The molecule has 5 heteroatoms. The topological polar surface area (TPSA) is 51.1 Å². The van der Waals surface area contributed by atoms with Crippen molar-refractivity contribution in [1.29, 1.82) is 0 Å². The number of aliphatic imine (C=N–C) groups is 1. The van der Waals surface area contributed by atoms with Gasteiger partial charge in [0.2, 0.25) is 0 Å². The monoisotopic (exact) mass is 310 g/mol. The first-order valence-corrected chi connectivity index (χ1v) is 7.92. The SMILES string of the molecule is C#CCC1OC(N2CCC3(CC2)OCc2ccccc23)=NC1=O. The quantitative estimate of drug-likeness (QED) is 0.742. The number of rotatable bonds is 1. The number of carbonyl (C=O) groups is 1. The number of fused-ring (bicyclic) bond motifs is 2. The van der Waals surface area contributed by atoms with Crippen LogP contribution >= 0.6 is 0 Å². The van der Waals surface area contributed by atoms with Crippen LogP contribution in [-0.4, -0.2) is 36.0 Å². The summed E-state index contributed by atoms with van der Waals surface area (Å²) in [4.78, 5) is 17.8. The van der Waals surface area contributed by atoms with Crippen molar-refractivity contribution >= 4 is 11.9 Å². The second-order valence-corrected chi connectivity index (χ2v) is 6.17. The Bertz CT molecular complexity index is 711. The fourth-order valence-corrected chi connectivity index (χ4v) is 3.61. The summed E-state index contributed by atoms with van der Waals surface area (Å²) in [5.74, 6) is 2.18. The molecular weight excluding hydrogens is 292 g/mol. The van der Waals surface area contributed by atoms with E-state index in [1.165, 1.54) is 11.1 Å². The molecule has 1 saturated heterocycles. The fourth-order valence-electron chi connectivity index (χ4n) is 3.61. The van der Waals surface area contributed by atoms with Crippen LogP contribution in [-0.2, 0) is 26.5 Å². The molecule has 1 atom stereocenters. The summed E-state index contributed by atoms with van der Waals surface area (Å²) >= 11 is 0. The molecule has 3 aliphatic rings. The van der Waals surface area contributed by atoms with E-state index in [0.717, 1.165) is 25.9 Å². The van der Waals surface area contributed by atoms with Crippen molar-refractivity contribution in [2.24, 2.45) is 4.99 Å². The highest BCUT2D eigenvalue weighted by atomic mass is 16.5. The third kappa shape index (κ3) is 2.30. The van der Waals surface area contributed by atoms with Gasteiger partial charge in [-0.3, -0.25) is 4.79 Å². The Labute approximate surface area is 135 Å². The molecule has 1 aromatic rings. The van der Waals surface area contributed by atoms with Gasteiger partial charge in [-0.1, -0.05) is 24.3 Å². The van der Waals surface area contributed by atoms with Gasteiger partial charge in [-0.25, -0.2) is 0 Å². The minimum atomic E-state index is -0.616. The van der Waals surface area contributed by atoms with E-state index in [4.69, 9.17) is 15.9 Å². The van der Waals surface area contributed by atoms with E-state index < -0.39 is 6.10 Å². The van der Waals surface area contributed by atoms with Crippen LogP contribution < -0.4 is 0 Å². The Morgan fingerprint density at radius 2 is 2.13 bits per heavy atom. The van der Waals surface area contributed by atoms with Crippen molar-refractivity contribution in [1.82, 2.24) is 4.90 Å². The van der Waals surface area contributed by atoms with E-state index in [9.17, 15) is 4.79 Å². The second kappa shape index (κ2) is 5.39. The number of nitrogens with zero attached hydrogens (tertiary/aromatic N) is 2. The van der Waals surface area contributed by atoms with Gasteiger partial charge in [0.1, 0.15) is 0 Å². The third-order valence-corrected chi connectivity index (χ3v) is 4.89. The van der Waals surface area contributed by atoms with Crippen LogP contribution in [0.5, 0.6) is 0 Å². The molecule has 1 amide bonds. The van der Waals surface area contributed by atoms with E-state index in [2.05, 4.69) is 35.2 Å². The molecule has 0 radical (unpaired) electrons. The Balaban J connectivity index is 1.46. The predicted octanol–water partition coefficient (Wildman–Crippen LogP) is 1.81. The summed E-state index contributed by atoms with van der Waals surface area (Å²) in [6.45, 7) is 2.18. The van der Waals surface area contributed by atoms with Gasteiger partial charge in [0.15, 0.2) is 6.10 Å². The van der Waals surface area contributed by atoms with Gasteiger partial charge in [0, 0.05) is 13.1 Å². The molecular formula is C18H18N2O3. The molecule has 0 N–H and O–H groups in total. The minimum Gasteiger partial charge on any atom is -0.450 e. The molecule has 0 aliphatic carbocycles. The number of benzene rings is 1. The molecule has 0 aromatic heterocycles. The van der Waals surface area contributed by atoms with Gasteiger partial charge in [-0.05, 0) is 24.0 Å². The Kier molecular flexibility index (Phi) is 3.35. The number of piperidine rings is 1. The lowest BCUT2D eigenvalue weighted by Crippen LogP contribution is -2.45. The van der Waals surface area contributed by atoms with Crippen LogP contribution in [0, 0.1) is 12.3 Å². The van der Waals surface area contributed by atoms with Crippen LogP contribution in [0.15, 0.2) is 29.3 Å². The second-order valence-electron chi connectivity index (χ2n) is 6.17. The highest BCUT2D eigenvalue weighted by Crippen LogP contribution is 2.44. The lowest BCUT2D eigenvalue weighted by Gasteiger charge is -2.39. The van der Waals surface area contributed by atoms with E-state index in [1.807, 2.05) is 4.90 Å². The number of carbonyl (C=O) groups excluding carboxylic acids is 1. The van der Waals surface area contributed by atoms with E-state index in [1.54, 1.807) is 0 Å². The van der Waals surface area contributed by atoms with Crippen molar-refractivity contribution in [3.05, 3.63) is 35.4 Å². The maximum atomic E-state index is 11.8. The number of amides is 1. The van der Waals surface area contributed by atoms with Crippen molar-refractivity contribution in [2.75, 3.05) is 13.1 Å². The largest absolute Gasteiger partial charge is 0.450 e. The number of likely N-dealkylation sites (tertiary alicyclic amines) is 1. The first-order chi connectivity index (χ1) is 11.2. The van der Waals surface area contributed by atoms with E-state index in [-0.39, 0.29) is 17.9 Å². The first kappa shape index (κ1) is 14.3. The van der Waals surface area contributed by atoms with Crippen LogP contribution in [0.2, 0.25) is 0 Å². The molecule has 5 nitrogen and oxygen atoms in total. The summed E-state index contributed by atoms with van der Waals surface area (Å²) in [6.07, 6.45) is 6.63. The van der Waals surface area contributed by atoms with Gasteiger partial charge >= 0.3 is 0 Å². The molecule has 1 spiro atoms. The zero-order valence-electron chi connectivity index (χ0n) is 12.8. The molecule has 1 fully saturated rings. The van der Waals surface area contributed by atoms with Gasteiger partial charge in [-0.15, -0.1) is 12.3 Å². The summed E-state index contributed by atoms with van der Waals surface area (Å²) in [6, 6.07) is 8.82. The molecule has 118 valence electrons. The minimum absolute atomic E-state index is 0.200. The summed E-state index contributed by atoms with van der Waals surface area (Å²) in [5.41, 5.74) is 2.38. The average molecular weight is 310 g/mol. The maximum Gasteiger partial charge on any atom is 0.296 e. The highest BCUT2D eigenvalue weighted by molar-refractivity contribution is 5.98. The predicted molar refractivity (Wildman–Crippen MR) is 84.5 cm³/mol. The Hall–Kier alpha value is -2.32. The lowest BCUT2D eigenvalue weighted by atomic mass is 9.84. The van der Waals surface area contributed by atoms with E-state index in [0.29, 0.717) is 12.6 Å². The molecule has 4 rings (SSSR count). The normalized spacial score (nSPS) is 25.0. The standard InChI is InChI=1S/C18H18N2O3/c1-2-5-15-16(21)19-17(23-15)20-10-8-18(9-11-20)14-7-4-3-6-13(14)12-22-18/h1,3-4,6-7,15H,5,8-12H2. The fraction of sp³-hybridized carbons (Fsp3) is 0.444. The van der Waals surface area contributed by atoms with Gasteiger partial charge < -0.3 is 14.4 Å². The smallest absolute Gasteiger partial charge is 0.296 e. The van der Waals surface area contributed by atoms with Crippen molar-refractivity contribution in [3.63, 3.8) is 0 Å². The van der Waals surface area contributed by atoms with Crippen molar-refractivity contribution in [3.8, 4) is 12.3 Å². The van der Waals surface area contributed by atoms with Crippen LogP contribution in [0.1, 0.15) is 30.4 Å². The van der Waals surface area contributed by atoms with E-state index >= 15 is 0 Å². The highest BCUT2D eigenvalue weighted by Gasteiger charge is 2.44. The zero-order chi connectivity index (χ0) is 15.9. The lowest BCUT2D eigenvalue weighted by molar-refractivity contribution is -0.122. The first-order valence-electron chi connectivity index (χ1n) is 7.92. The van der Waals surface area contributed by atoms with Gasteiger partial charge in [0.25, 0.3) is 11.9 Å². The average Bonchev–Trinajstić information content (AvgIpc) is 3.12. The molecule has 23 heavy (non-hydrogen) atoms. The number of amidine groups is 1. The summed E-state index contributed by atoms with van der Waals surface area (Å²) in [7, 11) is 0.